The van der Waals surface area contributed by atoms with Gasteiger partial charge in [-0.3, -0.25) is 0 Å². The van der Waals surface area contributed by atoms with Crippen molar-refractivity contribution in [2.45, 2.75) is 38.0 Å². The van der Waals surface area contributed by atoms with Gasteiger partial charge in [0, 0.05) is 23.0 Å². The summed E-state index contributed by atoms with van der Waals surface area (Å²) < 4.78 is 5.87. The monoisotopic (exact) mass is 265 g/mol. The van der Waals surface area contributed by atoms with Crippen LogP contribution in [0.5, 0.6) is 5.75 Å². The van der Waals surface area contributed by atoms with Gasteiger partial charge < -0.3 is 10.1 Å². The molecule has 0 amide bonds. The van der Waals surface area contributed by atoms with E-state index in [2.05, 4.69) is 44.3 Å². The van der Waals surface area contributed by atoms with E-state index in [0.29, 0.717) is 10.8 Å². The molecule has 1 aliphatic rings. The SMILES string of the molecule is CNC(CSC(C)(C)C)c1ccc2c(c1)CCO2. The number of hydrogen-bond donors (Lipinski definition) is 1. The third kappa shape index (κ3) is 3.42. The first kappa shape index (κ1) is 13.8. The van der Waals surface area contributed by atoms with Crippen molar-refractivity contribution in [3.8, 4) is 5.75 Å². The molecule has 1 atom stereocenters. The molecule has 18 heavy (non-hydrogen) atoms. The number of hydrogen-bond acceptors (Lipinski definition) is 3. The van der Waals surface area contributed by atoms with Crippen LogP contribution in [-0.2, 0) is 6.42 Å². The number of rotatable bonds is 4. The third-order valence-electron chi connectivity index (χ3n) is 3.15. The quantitative estimate of drug-likeness (QED) is 0.901. The molecule has 2 nitrogen and oxygen atoms in total. The number of thioether (sulfide) groups is 1. The normalized spacial score (nSPS) is 16.2. The van der Waals surface area contributed by atoms with Gasteiger partial charge >= 0.3 is 0 Å². The molecule has 0 radical (unpaired) electrons. The average Bonchev–Trinajstić information content (AvgIpc) is 2.75. The first-order chi connectivity index (χ1) is 8.49. The van der Waals surface area contributed by atoms with Crippen molar-refractivity contribution in [3.63, 3.8) is 0 Å². The van der Waals surface area contributed by atoms with Crippen molar-refractivity contribution in [1.29, 1.82) is 0 Å². The van der Waals surface area contributed by atoms with Crippen molar-refractivity contribution in [1.82, 2.24) is 5.32 Å². The summed E-state index contributed by atoms with van der Waals surface area (Å²) in [4.78, 5) is 0. The summed E-state index contributed by atoms with van der Waals surface area (Å²) in [5, 5.41) is 3.42. The van der Waals surface area contributed by atoms with Crippen LogP contribution in [0.4, 0.5) is 0 Å². The second-order valence-corrected chi connectivity index (χ2v) is 7.58. The maximum atomic E-state index is 5.56. The second-order valence-electron chi connectivity index (χ2n) is 5.73. The van der Waals surface area contributed by atoms with Gasteiger partial charge in [-0.25, -0.2) is 0 Å². The van der Waals surface area contributed by atoms with E-state index in [0.717, 1.165) is 24.5 Å². The van der Waals surface area contributed by atoms with Crippen LogP contribution in [0.15, 0.2) is 18.2 Å². The Morgan fingerprint density at radius 2 is 2.17 bits per heavy atom. The van der Waals surface area contributed by atoms with Crippen LogP contribution in [0.25, 0.3) is 0 Å². The van der Waals surface area contributed by atoms with E-state index in [4.69, 9.17) is 4.74 Å². The molecule has 1 heterocycles. The van der Waals surface area contributed by atoms with Crippen LogP contribution in [0.2, 0.25) is 0 Å². The topological polar surface area (TPSA) is 21.3 Å². The summed E-state index contributed by atoms with van der Waals surface area (Å²) in [5.74, 6) is 2.16. The second kappa shape index (κ2) is 5.54. The Bertz CT molecular complexity index is 411. The first-order valence-corrected chi connectivity index (χ1v) is 7.55. The standard InChI is InChI=1S/C15H23NOS/c1-15(2,3)18-10-13(16-4)11-5-6-14-12(9-11)7-8-17-14/h5-6,9,13,16H,7-8,10H2,1-4H3. The van der Waals surface area contributed by atoms with Crippen molar-refractivity contribution in [3.05, 3.63) is 29.3 Å². The molecule has 0 saturated heterocycles. The minimum absolute atomic E-state index is 0.314. The number of ether oxygens (including phenoxy) is 1. The molecule has 0 aliphatic carbocycles. The predicted molar refractivity (Wildman–Crippen MR) is 79.7 cm³/mol. The maximum Gasteiger partial charge on any atom is 0.122 e. The van der Waals surface area contributed by atoms with Gasteiger partial charge in [-0.05, 0) is 24.2 Å². The van der Waals surface area contributed by atoms with Crippen molar-refractivity contribution >= 4 is 11.8 Å². The lowest BCUT2D eigenvalue weighted by Gasteiger charge is -2.23. The first-order valence-electron chi connectivity index (χ1n) is 6.56. The van der Waals surface area contributed by atoms with Gasteiger partial charge in [0.05, 0.1) is 6.61 Å². The highest BCUT2D eigenvalue weighted by Gasteiger charge is 2.18. The molecule has 100 valence electrons. The van der Waals surface area contributed by atoms with E-state index in [1.54, 1.807) is 0 Å². The van der Waals surface area contributed by atoms with Crippen molar-refractivity contribution in [2.24, 2.45) is 0 Å². The Morgan fingerprint density at radius 3 is 2.83 bits per heavy atom. The molecule has 0 bridgehead atoms. The van der Waals surface area contributed by atoms with E-state index in [-0.39, 0.29) is 0 Å². The van der Waals surface area contributed by atoms with E-state index >= 15 is 0 Å². The Balaban J connectivity index is 2.08. The number of fused-ring (bicyclic) bond motifs is 1. The molecular weight excluding hydrogens is 242 g/mol. The van der Waals surface area contributed by atoms with Crippen LogP contribution >= 0.6 is 11.8 Å². The van der Waals surface area contributed by atoms with Crippen molar-refractivity contribution < 1.29 is 4.74 Å². The van der Waals surface area contributed by atoms with E-state index in [1.165, 1.54) is 11.1 Å². The van der Waals surface area contributed by atoms with Crippen molar-refractivity contribution in [2.75, 3.05) is 19.4 Å². The highest BCUT2D eigenvalue weighted by molar-refractivity contribution is 8.00. The highest BCUT2D eigenvalue weighted by atomic mass is 32.2. The van der Waals surface area contributed by atoms with Gasteiger partial charge in [-0.1, -0.05) is 32.9 Å². The third-order valence-corrected chi connectivity index (χ3v) is 4.51. The van der Waals surface area contributed by atoms with Crippen LogP contribution < -0.4 is 10.1 Å². The lowest BCUT2D eigenvalue weighted by atomic mass is 10.0. The molecule has 0 aromatic heterocycles. The van der Waals surface area contributed by atoms with E-state index in [1.807, 2.05) is 18.8 Å². The maximum absolute atomic E-state index is 5.56. The van der Waals surface area contributed by atoms with Crippen LogP contribution in [0.1, 0.15) is 37.9 Å². The predicted octanol–water partition coefficient (Wildman–Crippen LogP) is 3.41. The summed E-state index contributed by atoms with van der Waals surface area (Å²) in [7, 11) is 2.04. The van der Waals surface area contributed by atoms with Crippen LogP contribution in [0.3, 0.4) is 0 Å². The van der Waals surface area contributed by atoms with Gasteiger partial charge in [0.1, 0.15) is 5.75 Å². The Kier molecular flexibility index (Phi) is 4.23. The summed E-state index contributed by atoms with van der Waals surface area (Å²) in [6, 6.07) is 7.02. The fourth-order valence-corrected chi connectivity index (χ4v) is 3.13. The van der Waals surface area contributed by atoms with Gasteiger partial charge in [0.2, 0.25) is 0 Å². The Labute approximate surface area is 114 Å². The Morgan fingerprint density at radius 1 is 1.39 bits per heavy atom. The molecule has 0 spiro atoms. The molecule has 1 aromatic carbocycles. The molecule has 3 heteroatoms. The molecule has 1 aliphatic heterocycles. The van der Waals surface area contributed by atoms with Gasteiger partial charge in [-0.2, -0.15) is 11.8 Å². The lowest BCUT2D eigenvalue weighted by molar-refractivity contribution is 0.357. The largest absolute Gasteiger partial charge is 0.493 e. The molecule has 1 unspecified atom stereocenters. The van der Waals surface area contributed by atoms with Gasteiger partial charge in [-0.15, -0.1) is 0 Å². The fourth-order valence-electron chi connectivity index (χ4n) is 2.10. The molecular formula is C15H23NOS. The van der Waals surface area contributed by atoms with E-state index in [9.17, 15) is 0 Å². The van der Waals surface area contributed by atoms with Crippen LogP contribution in [-0.4, -0.2) is 24.2 Å². The van der Waals surface area contributed by atoms with Gasteiger partial charge in [0.15, 0.2) is 0 Å². The zero-order valence-electron chi connectivity index (χ0n) is 11.7. The average molecular weight is 265 g/mol. The summed E-state index contributed by atoms with van der Waals surface area (Å²) in [6.45, 7) is 7.63. The molecule has 1 N–H and O–H groups in total. The Hall–Kier alpha value is -0.670. The molecule has 1 aromatic rings. The minimum Gasteiger partial charge on any atom is -0.493 e. The summed E-state index contributed by atoms with van der Waals surface area (Å²) in [5.41, 5.74) is 2.73. The minimum atomic E-state index is 0.314. The number of benzene rings is 1. The molecule has 0 saturated carbocycles. The molecule has 0 fully saturated rings. The highest BCUT2D eigenvalue weighted by Crippen LogP contribution is 2.31. The molecule has 2 rings (SSSR count). The smallest absolute Gasteiger partial charge is 0.122 e. The lowest BCUT2D eigenvalue weighted by Crippen LogP contribution is -2.21. The zero-order chi connectivity index (χ0) is 13.2. The number of nitrogens with one attached hydrogen (secondary N) is 1. The van der Waals surface area contributed by atoms with E-state index < -0.39 is 0 Å². The zero-order valence-corrected chi connectivity index (χ0v) is 12.6. The van der Waals surface area contributed by atoms with Gasteiger partial charge in [0.25, 0.3) is 0 Å². The van der Waals surface area contributed by atoms with Crippen LogP contribution in [0, 0.1) is 0 Å². The fraction of sp³-hybridized carbons (Fsp3) is 0.600. The summed E-state index contributed by atoms with van der Waals surface area (Å²) >= 11 is 2.00. The summed E-state index contributed by atoms with van der Waals surface area (Å²) in [6.07, 6.45) is 1.05.